The lowest BCUT2D eigenvalue weighted by atomic mass is 9.67. The number of hydrogen-bond donors (Lipinski definition) is 0. The molecule has 330 valence electrons. The van der Waals surface area contributed by atoms with Gasteiger partial charge in [0.05, 0.1) is 61.6 Å². The summed E-state index contributed by atoms with van der Waals surface area (Å²) in [4.78, 5) is 0.0836. The Balaban J connectivity index is 1.27. The molecule has 0 saturated carbocycles. The van der Waals surface area contributed by atoms with Crippen molar-refractivity contribution in [3.05, 3.63) is 281 Å². The summed E-state index contributed by atoms with van der Waals surface area (Å²) >= 11 is 0. The van der Waals surface area contributed by atoms with E-state index in [2.05, 4.69) is 0 Å². The largest absolute Gasteiger partial charge is 0.456 e. The summed E-state index contributed by atoms with van der Waals surface area (Å²) in [6.07, 6.45) is 0. The summed E-state index contributed by atoms with van der Waals surface area (Å²) in [6, 6.07) is -55.4. The highest BCUT2D eigenvalue weighted by atomic mass is 16.3. The van der Waals surface area contributed by atoms with Gasteiger partial charge >= 0.3 is 0 Å². The van der Waals surface area contributed by atoms with Gasteiger partial charge in [-0.2, -0.15) is 0 Å². The first-order valence-electron chi connectivity index (χ1n) is 44.1. The van der Waals surface area contributed by atoms with Crippen LogP contribution >= 0.6 is 0 Å². The molecule has 0 atom stereocenters. The minimum atomic E-state index is -4.07. The Hall–Kier alpha value is -8.72. The molecule has 0 unspecified atom stereocenters. The Morgan fingerprint density at radius 2 is 0.971 bits per heavy atom. The first-order chi connectivity index (χ1) is 54.1. The summed E-state index contributed by atoms with van der Waals surface area (Å²) in [6.45, 7) is -8.13. The lowest BCUT2D eigenvalue weighted by Crippen LogP contribution is -2.28. The molecule has 12 aromatic rings. The molecule has 14 rings (SSSR count). The second-order valence-electron chi connectivity index (χ2n) is 15.5. The summed E-state index contributed by atoms with van der Waals surface area (Å²) in [7, 11) is 0. The topological polar surface area (TPSA) is 16.4 Å². The highest BCUT2D eigenvalue weighted by molar-refractivity contribution is 6.07. The highest BCUT2D eigenvalue weighted by Crippen LogP contribution is 2.58. The Kier molecular flexibility index (Phi) is 3.33. The van der Waals surface area contributed by atoms with Gasteiger partial charge in [-0.1, -0.05) is 207 Å². The van der Waals surface area contributed by atoms with E-state index in [0.717, 1.165) is 0 Å². The van der Waals surface area contributed by atoms with E-state index in [4.69, 9.17) is 34.6 Å². The molecule has 0 saturated heterocycles. The number of rotatable bonds is 7. The molecule has 0 spiro atoms. The number of furan rings is 1. The third-order valence-electron chi connectivity index (χ3n) is 11.9. The van der Waals surface area contributed by atoms with Crippen LogP contribution in [0, 0.1) is 0 Å². The molecule has 1 aromatic heterocycles. The van der Waals surface area contributed by atoms with Crippen molar-refractivity contribution in [3.63, 3.8) is 0 Å². The van der Waals surface area contributed by atoms with Gasteiger partial charge in [0.2, 0.25) is 0 Å². The highest BCUT2D eigenvalue weighted by Gasteiger charge is 2.46. The van der Waals surface area contributed by atoms with E-state index >= 15 is 0 Å². The normalized spacial score (nSPS) is 23.6. The van der Waals surface area contributed by atoms with Crippen LogP contribution in [0.3, 0.4) is 0 Å². The van der Waals surface area contributed by atoms with Gasteiger partial charge in [0, 0.05) is 47.5 Å². The molecule has 2 aliphatic carbocycles. The lowest BCUT2D eigenvalue weighted by Gasteiger charge is -2.35. The average molecular weight is 941 g/mol. The lowest BCUT2D eigenvalue weighted by molar-refractivity contribution is 0.660. The molecule has 0 amide bonds. The number of fused-ring (bicyclic) bond motifs is 10. The van der Waals surface area contributed by atoms with Crippen molar-refractivity contribution in [3.8, 4) is 44.5 Å². The van der Waals surface area contributed by atoms with E-state index in [1.54, 1.807) is 0 Å². The maximum Gasteiger partial charge on any atom is 0.137 e. The van der Waals surface area contributed by atoms with Crippen LogP contribution in [0.1, 0.15) is 112 Å². The third-order valence-corrected chi connectivity index (χ3v) is 11.9. The molecule has 0 bridgehead atoms. The van der Waals surface area contributed by atoms with Gasteiger partial charge in [0.1, 0.15) is 11.2 Å². The summed E-state index contributed by atoms with van der Waals surface area (Å²) in [5.74, 6) is 0. The molecule has 0 N–H and O–H groups in total. The van der Waals surface area contributed by atoms with Gasteiger partial charge in [0.15, 0.2) is 0 Å². The van der Waals surface area contributed by atoms with Gasteiger partial charge < -0.3 is 9.32 Å². The standard InChI is InChI=1S/C68H47NO/c1-67(2)60-29-14-11-27-55(60)59-41-46(33-39-61(59)67)66-52-25-10-9-18-44(52)32-36-53(66)45-19-17-24-49(40-45)69(51-35-38-58-57-28-13-16-31-64(57)70-65(58)43-51)50-34-37-56-54-26-12-15-30-62(54)68(63(56)42-50,47-20-5-3-6-21-47)48-22-7-4-8-23-48/h3-43H,1-2H3/i1D3,2D3,3D,4D,5D,6D,7D,8D,9D,10D,11D,12D,13D,14D,15D,16D,17D,18D,19D,20D,21D,22D,23D,24D,25D,26D,27D,28D,29D,30D,31D,32D,33D,34D,35D,36D,37D,38D,39D,40D,41D,42D,43D. The van der Waals surface area contributed by atoms with Crippen LogP contribution in [-0.4, -0.2) is 0 Å². The maximum atomic E-state index is 11.0. The first kappa shape index (κ1) is 15.1. The van der Waals surface area contributed by atoms with E-state index in [-0.39, 0.29) is 4.90 Å². The second-order valence-corrected chi connectivity index (χ2v) is 15.5. The Morgan fingerprint density at radius 1 is 0.371 bits per heavy atom. The van der Waals surface area contributed by atoms with E-state index in [9.17, 15) is 34.3 Å². The van der Waals surface area contributed by atoms with Crippen molar-refractivity contribution in [1.29, 1.82) is 0 Å². The molecule has 2 aliphatic rings. The van der Waals surface area contributed by atoms with Crippen molar-refractivity contribution >= 4 is 49.8 Å². The van der Waals surface area contributed by atoms with Crippen molar-refractivity contribution in [2.75, 3.05) is 4.90 Å². The molecule has 2 heteroatoms. The van der Waals surface area contributed by atoms with E-state index in [0.29, 0.717) is 0 Å². The predicted molar refractivity (Wildman–Crippen MR) is 292 cm³/mol. The fraction of sp³-hybridized carbons (Fsp3) is 0.0588. The van der Waals surface area contributed by atoms with Crippen LogP contribution < -0.4 is 4.90 Å². The van der Waals surface area contributed by atoms with Crippen molar-refractivity contribution in [1.82, 2.24) is 0 Å². The third kappa shape index (κ3) is 5.87. The van der Waals surface area contributed by atoms with Gasteiger partial charge in [0.25, 0.3) is 0 Å². The van der Waals surface area contributed by atoms with Gasteiger partial charge in [-0.05, 0) is 137 Å². The van der Waals surface area contributed by atoms with Gasteiger partial charge in [-0.15, -0.1) is 0 Å². The zero-order valence-corrected chi connectivity index (χ0v) is 34.9. The van der Waals surface area contributed by atoms with Crippen LogP contribution in [0.15, 0.2) is 252 Å². The number of nitrogens with zero attached hydrogens (tertiary/aromatic N) is 1. The van der Waals surface area contributed by atoms with E-state index in [1.165, 1.54) is 0 Å². The molecule has 0 radical (unpaired) electrons. The molecule has 0 fully saturated rings. The average Bonchev–Trinajstić information content (AvgIpc) is 1.51. The smallest absolute Gasteiger partial charge is 0.137 e. The van der Waals surface area contributed by atoms with Crippen LogP contribution in [0.2, 0.25) is 0 Å². The van der Waals surface area contributed by atoms with E-state index in [1.807, 2.05) is 0 Å². The number of anilines is 3. The maximum absolute atomic E-state index is 11.0. The summed E-state index contributed by atoms with van der Waals surface area (Å²) in [5, 5.41) is -3.69. The number of benzene rings is 11. The molecule has 2 nitrogen and oxygen atoms in total. The number of para-hydroxylation sites is 1. The molecular formula is C68H47NO. The SMILES string of the molecule is [2H]c1c([2H])c([2H])c(C2(c3c([2H])c([2H])c([2H])c([2H])c3[2H])c3c([2H])c([2H])c([2H])c([2H])c3-c3c([2H])c([2H])c(N(c4c([2H])c([2H])c([2H])c(-c5c([2H])c([2H])c6c([2H])c([2H])c([2H])c([2H])c6c5-c5c([2H])c([2H])c6c(c5[2H])-c5c([2H])c([2H])c([2H])c([2H])c5C6(C([2H])([2H])[2H])C([2H])([2H])[2H])c4[2H])c4c([2H])c([2H])c5c(oc6c([2H])c([2H])c([2H])c([2H])c65)c4[2H])c([2H])c32)c([2H])c1[2H]. The van der Waals surface area contributed by atoms with Gasteiger partial charge in [-0.3, -0.25) is 0 Å². The Morgan fingerprint density at radius 3 is 1.77 bits per heavy atom. The predicted octanol–water partition coefficient (Wildman–Crippen LogP) is 18.2. The monoisotopic (exact) mass is 941 g/mol. The molecule has 11 aromatic carbocycles. The molecule has 1 heterocycles. The van der Waals surface area contributed by atoms with Crippen LogP contribution in [0.5, 0.6) is 0 Å². The quantitative estimate of drug-likeness (QED) is 0.158. The van der Waals surface area contributed by atoms with Crippen molar-refractivity contribution in [2.24, 2.45) is 0 Å². The number of hydrogen-bond acceptors (Lipinski definition) is 2. The molecule has 70 heavy (non-hydrogen) atoms. The Bertz CT molecular complexity index is 6610. The molecular weight excluding hydrogens is 847 g/mol. The first-order valence-corrected chi connectivity index (χ1v) is 20.6. The zero-order chi connectivity index (χ0) is 87.2. The van der Waals surface area contributed by atoms with Crippen molar-refractivity contribution in [2.45, 2.75) is 24.5 Å². The fourth-order valence-electron chi connectivity index (χ4n) is 8.94. The minimum Gasteiger partial charge on any atom is -0.456 e. The van der Waals surface area contributed by atoms with Crippen LogP contribution in [0.25, 0.3) is 77.2 Å². The molecule has 0 aliphatic heterocycles. The van der Waals surface area contributed by atoms with E-state index < -0.39 is 400 Å². The minimum absolute atomic E-state index is 0.0836. The summed E-state index contributed by atoms with van der Waals surface area (Å²) < 4.78 is 451. The van der Waals surface area contributed by atoms with Gasteiger partial charge in [-0.25, -0.2) is 0 Å². The van der Waals surface area contributed by atoms with Crippen LogP contribution in [-0.2, 0) is 10.8 Å². The summed E-state index contributed by atoms with van der Waals surface area (Å²) in [5.41, 5.74) is -31.8. The zero-order valence-electron chi connectivity index (χ0n) is 81.9. The Labute approximate surface area is 474 Å². The fourth-order valence-corrected chi connectivity index (χ4v) is 8.94. The van der Waals surface area contributed by atoms with Crippen LogP contribution in [0.4, 0.5) is 17.1 Å². The van der Waals surface area contributed by atoms with Crippen molar-refractivity contribution < 1.29 is 68.8 Å². The second kappa shape index (κ2) is 15.4.